The number of amides is 2. The van der Waals surface area contributed by atoms with E-state index in [0.717, 1.165) is 11.3 Å². The fourth-order valence-electron chi connectivity index (χ4n) is 2.24. The van der Waals surface area contributed by atoms with E-state index in [4.69, 9.17) is 4.74 Å². The smallest absolute Gasteiger partial charge is 0.271 e. The maximum atomic E-state index is 12.1. The summed E-state index contributed by atoms with van der Waals surface area (Å²) in [6.45, 7) is 3.97. The number of hydrogen-bond donors (Lipinski definition) is 2. The minimum atomic E-state index is -0.329. The van der Waals surface area contributed by atoms with Gasteiger partial charge in [-0.15, -0.1) is 0 Å². The molecule has 0 saturated heterocycles. The van der Waals surface area contributed by atoms with Crippen LogP contribution >= 0.6 is 0 Å². The number of benzene rings is 2. The molecule has 136 valence electrons. The Bertz CT molecular complexity index is 783. The predicted molar refractivity (Wildman–Crippen MR) is 103 cm³/mol. The normalized spacial score (nSPS) is 10.8. The van der Waals surface area contributed by atoms with Crippen molar-refractivity contribution in [3.05, 3.63) is 59.7 Å². The van der Waals surface area contributed by atoms with E-state index in [2.05, 4.69) is 15.8 Å². The van der Waals surface area contributed by atoms with Crippen molar-refractivity contribution in [1.82, 2.24) is 5.43 Å². The zero-order valence-electron chi connectivity index (χ0n) is 15.2. The highest BCUT2D eigenvalue weighted by Gasteiger charge is 2.07. The zero-order valence-corrected chi connectivity index (χ0v) is 15.2. The molecule has 0 aromatic heterocycles. The molecule has 0 radical (unpaired) electrons. The number of anilines is 1. The second-order valence-electron chi connectivity index (χ2n) is 6.20. The molecule has 0 aliphatic heterocycles. The van der Waals surface area contributed by atoms with Crippen molar-refractivity contribution in [2.24, 2.45) is 11.0 Å². The van der Waals surface area contributed by atoms with Crippen LogP contribution in [0.1, 0.15) is 36.2 Å². The van der Waals surface area contributed by atoms with E-state index in [1.165, 1.54) is 0 Å². The first kappa shape index (κ1) is 19.2. The van der Waals surface area contributed by atoms with Gasteiger partial charge in [-0.05, 0) is 47.9 Å². The van der Waals surface area contributed by atoms with Crippen molar-refractivity contribution in [1.29, 1.82) is 0 Å². The molecule has 0 spiro atoms. The molecule has 0 bridgehead atoms. The maximum Gasteiger partial charge on any atom is 0.271 e. The summed E-state index contributed by atoms with van der Waals surface area (Å²) in [7, 11) is 1.59. The Balaban J connectivity index is 1.91. The van der Waals surface area contributed by atoms with Crippen LogP contribution < -0.4 is 15.5 Å². The fraction of sp³-hybridized carbons (Fsp3) is 0.250. The molecule has 0 atom stereocenters. The van der Waals surface area contributed by atoms with E-state index >= 15 is 0 Å². The third kappa shape index (κ3) is 6.05. The predicted octanol–water partition coefficient (Wildman–Crippen LogP) is 3.44. The van der Waals surface area contributed by atoms with Crippen LogP contribution in [0.5, 0.6) is 5.75 Å². The van der Waals surface area contributed by atoms with Gasteiger partial charge in [-0.1, -0.05) is 26.0 Å². The molecule has 0 heterocycles. The van der Waals surface area contributed by atoms with Crippen LogP contribution in [0.25, 0.3) is 0 Å². The summed E-state index contributed by atoms with van der Waals surface area (Å²) in [6.07, 6.45) is 2.00. The molecular weight excluding hydrogens is 330 g/mol. The lowest BCUT2D eigenvalue weighted by atomic mass is 10.1. The van der Waals surface area contributed by atoms with Crippen molar-refractivity contribution in [2.45, 2.75) is 20.3 Å². The molecular formula is C20H23N3O3. The molecule has 2 rings (SSSR count). The molecule has 26 heavy (non-hydrogen) atoms. The first-order valence-corrected chi connectivity index (χ1v) is 8.35. The molecule has 2 amide bonds. The first-order chi connectivity index (χ1) is 12.5. The molecule has 0 aliphatic carbocycles. The van der Waals surface area contributed by atoms with Crippen molar-refractivity contribution in [3.8, 4) is 5.75 Å². The molecule has 0 fully saturated rings. The number of rotatable bonds is 7. The van der Waals surface area contributed by atoms with Gasteiger partial charge < -0.3 is 10.1 Å². The number of carbonyl (C=O) groups is 2. The Kier molecular flexibility index (Phi) is 6.91. The third-order valence-electron chi connectivity index (χ3n) is 3.50. The van der Waals surface area contributed by atoms with E-state index in [1.807, 2.05) is 38.1 Å². The maximum absolute atomic E-state index is 12.1. The summed E-state index contributed by atoms with van der Waals surface area (Å²) < 4.78 is 5.13. The highest BCUT2D eigenvalue weighted by molar-refractivity contribution is 5.96. The van der Waals surface area contributed by atoms with Gasteiger partial charge >= 0.3 is 0 Å². The monoisotopic (exact) mass is 353 g/mol. The van der Waals surface area contributed by atoms with Gasteiger partial charge in [0.15, 0.2) is 0 Å². The van der Waals surface area contributed by atoms with Crippen molar-refractivity contribution >= 4 is 23.7 Å². The molecule has 0 aliphatic rings. The molecule has 6 heteroatoms. The summed E-state index contributed by atoms with van der Waals surface area (Å²) in [6, 6.07) is 14.0. The summed E-state index contributed by atoms with van der Waals surface area (Å²) >= 11 is 0. The molecule has 2 aromatic rings. The van der Waals surface area contributed by atoms with Gasteiger partial charge in [0.05, 0.1) is 13.3 Å². The standard InChI is InChI=1S/C20H23N3O3/c1-14(2)11-19(24)22-17-9-7-16(8-10-17)20(25)23-21-13-15-5-4-6-18(12-15)26-3/h4-10,12-14H,11H2,1-3H3,(H,22,24)(H,23,25). The topological polar surface area (TPSA) is 79.8 Å². The van der Waals surface area contributed by atoms with Crippen LogP contribution in [-0.2, 0) is 4.79 Å². The Morgan fingerprint density at radius 2 is 1.88 bits per heavy atom. The number of carbonyl (C=O) groups excluding carboxylic acids is 2. The summed E-state index contributed by atoms with van der Waals surface area (Å²) in [5.74, 6) is 0.641. The number of nitrogens with zero attached hydrogens (tertiary/aromatic N) is 1. The summed E-state index contributed by atoms with van der Waals surface area (Å²) in [4.78, 5) is 23.8. The van der Waals surface area contributed by atoms with Crippen LogP contribution in [0.2, 0.25) is 0 Å². The van der Waals surface area contributed by atoms with Gasteiger partial charge in [-0.25, -0.2) is 5.43 Å². The molecule has 0 unspecified atom stereocenters. The summed E-state index contributed by atoms with van der Waals surface area (Å²) in [5, 5.41) is 6.75. The first-order valence-electron chi connectivity index (χ1n) is 8.35. The number of ether oxygens (including phenoxy) is 1. The van der Waals surface area contributed by atoms with Gasteiger partial charge in [0, 0.05) is 17.7 Å². The molecule has 0 saturated carbocycles. The number of nitrogens with one attached hydrogen (secondary N) is 2. The van der Waals surface area contributed by atoms with Crippen LogP contribution in [0.3, 0.4) is 0 Å². The quantitative estimate of drug-likeness (QED) is 0.591. The van der Waals surface area contributed by atoms with Crippen LogP contribution in [0, 0.1) is 5.92 Å². The van der Waals surface area contributed by atoms with E-state index in [9.17, 15) is 9.59 Å². The second kappa shape index (κ2) is 9.36. The molecule has 2 N–H and O–H groups in total. The zero-order chi connectivity index (χ0) is 18.9. The SMILES string of the molecule is COc1cccc(C=NNC(=O)c2ccc(NC(=O)CC(C)C)cc2)c1. The highest BCUT2D eigenvalue weighted by Crippen LogP contribution is 2.12. The van der Waals surface area contributed by atoms with Gasteiger partial charge in [0.25, 0.3) is 5.91 Å². The van der Waals surface area contributed by atoms with Crippen LogP contribution in [0.15, 0.2) is 53.6 Å². The van der Waals surface area contributed by atoms with Crippen LogP contribution in [-0.4, -0.2) is 25.1 Å². The van der Waals surface area contributed by atoms with Gasteiger partial charge in [-0.2, -0.15) is 5.10 Å². The van der Waals surface area contributed by atoms with E-state index in [-0.39, 0.29) is 11.8 Å². The lowest BCUT2D eigenvalue weighted by Gasteiger charge is -2.07. The average molecular weight is 353 g/mol. The lowest BCUT2D eigenvalue weighted by molar-refractivity contribution is -0.116. The Hall–Kier alpha value is -3.15. The van der Waals surface area contributed by atoms with E-state index in [0.29, 0.717) is 23.6 Å². The van der Waals surface area contributed by atoms with Gasteiger partial charge in [0.2, 0.25) is 5.91 Å². The minimum Gasteiger partial charge on any atom is -0.497 e. The Labute approximate surface area is 153 Å². The van der Waals surface area contributed by atoms with Crippen molar-refractivity contribution in [3.63, 3.8) is 0 Å². The van der Waals surface area contributed by atoms with Crippen molar-refractivity contribution < 1.29 is 14.3 Å². The Morgan fingerprint density at radius 1 is 1.15 bits per heavy atom. The highest BCUT2D eigenvalue weighted by atomic mass is 16.5. The van der Waals surface area contributed by atoms with E-state index < -0.39 is 0 Å². The van der Waals surface area contributed by atoms with Crippen LogP contribution in [0.4, 0.5) is 5.69 Å². The van der Waals surface area contributed by atoms with Gasteiger partial charge in [-0.3, -0.25) is 9.59 Å². The van der Waals surface area contributed by atoms with Gasteiger partial charge in [0.1, 0.15) is 5.75 Å². The lowest BCUT2D eigenvalue weighted by Crippen LogP contribution is -2.18. The molecule has 6 nitrogen and oxygen atoms in total. The second-order valence-corrected chi connectivity index (χ2v) is 6.20. The molecule has 2 aromatic carbocycles. The average Bonchev–Trinajstić information content (AvgIpc) is 2.61. The van der Waals surface area contributed by atoms with E-state index in [1.54, 1.807) is 37.6 Å². The summed E-state index contributed by atoms with van der Waals surface area (Å²) in [5.41, 5.74) is 4.40. The Morgan fingerprint density at radius 3 is 2.54 bits per heavy atom. The number of hydrazone groups is 1. The third-order valence-corrected chi connectivity index (χ3v) is 3.50. The number of methoxy groups -OCH3 is 1. The fourth-order valence-corrected chi connectivity index (χ4v) is 2.24. The largest absolute Gasteiger partial charge is 0.497 e. The van der Waals surface area contributed by atoms with Crippen molar-refractivity contribution in [2.75, 3.05) is 12.4 Å². The minimum absolute atomic E-state index is 0.0416. The number of hydrogen-bond acceptors (Lipinski definition) is 4.